The second kappa shape index (κ2) is 8.47. The van der Waals surface area contributed by atoms with Crippen LogP contribution in [0, 0.1) is 5.82 Å². The maximum absolute atomic E-state index is 12.9. The van der Waals surface area contributed by atoms with Gasteiger partial charge in [-0.1, -0.05) is 0 Å². The third-order valence-corrected chi connectivity index (χ3v) is 2.78. The van der Waals surface area contributed by atoms with Gasteiger partial charge in [0, 0.05) is 26.1 Å². The van der Waals surface area contributed by atoms with E-state index >= 15 is 0 Å². The molecule has 0 spiro atoms. The van der Waals surface area contributed by atoms with Crippen LogP contribution in [0.2, 0.25) is 0 Å². The van der Waals surface area contributed by atoms with Crippen molar-refractivity contribution in [2.75, 3.05) is 43.9 Å². The van der Waals surface area contributed by atoms with Crippen molar-refractivity contribution in [1.82, 2.24) is 4.90 Å². The van der Waals surface area contributed by atoms with Crippen molar-refractivity contribution in [2.24, 2.45) is 0 Å². The molecule has 1 amide bonds. The van der Waals surface area contributed by atoms with Crippen LogP contribution in [0.15, 0.2) is 18.2 Å². The van der Waals surface area contributed by atoms with Crippen LogP contribution < -0.4 is 11.1 Å². The standard InChI is InChI=1S/C13H20FN3O3/c14-10-1-2-12(11(15)9-10)16-13(20)3-4-17(5-7-18)6-8-19/h1-2,9,18-19H,3-8,15H2,(H,16,20). The summed E-state index contributed by atoms with van der Waals surface area (Å²) in [5.74, 6) is -0.721. The SMILES string of the molecule is Nc1cc(F)ccc1NC(=O)CCN(CCO)CCO. The number of halogens is 1. The van der Waals surface area contributed by atoms with Gasteiger partial charge in [0.05, 0.1) is 24.6 Å². The Hall–Kier alpha value is -1.70. The highest BCUT2D eigenvalue weighted by atomic mass is 19.1. The number of hydrogen-bond acceptors (Lipinski definition) is 5. The summed E-state index contributed by atoms with van der Waals surface area (Å²) in [5, 5.41) is 20.3. The Morgan fingerprint density at radius 3 is 2.45 bits per heavy atom. The summed E-state index contributed by atoms with van der Waals surface area (Å²) >= 11 is 0. The van der Waals surface area contributed by atoms with Gasteiger partial charge in [-0.05, 0) is 18.2 Å². The van der Waals surface area contributed by atoms with Crippen LogP contribution in [0.5, 0.6) is 0 Å². The van der Waals surface area contributed by atoms with Crippen LogP contribution in [0.3, 0.4) is 0 Å². The van der Waals surface area contributed by atoms with Gasteiger partial charge in [-0.3, -0.25) is 9.69 Å². The number of carbonyl (C=O) groups is 1. The number of nitrogens with one attached hydrogen (secondary N) is 1. The molecule has 0 aliphatic rings. The largest absolute Gasteiger partial charge is 0.397 e. The minimum Gasteiger partial charge on any atom is -0.397 e. The highest BCUT2D eigenvalue weighted by Crippen LogP contribution is 2.19. The molecule has 6 nitrogen and oxygen atoms in total. The van der Waals surface area contributed by atoms with E-state index in [4.69, 9.17) is 15.9 Å². The Balaban J connectivity index is 2.46. The number of carbonyl (C=O) groups excluding carboxylic acids is 1. The van der Waals surface area contributed by atoms with Crippen molar-refractivity contribution in [1.29, 1.82) is 0 Å². The Morgan fingerprint density at radius 1 is 1.25 bits per heavy atom. The average molecular weight is 285 g/mol. The van der Waals surface area contributed by atoms with Crippen LogP contribution in [-0.2, 0) is 4.79 Å². The molecule has 1 aromatic rings. The fourth-order valence-corrected chi connectivity index (χ4v) is 1.74. The zero-order chi connectivity index (χ0) is 15.0. The quantitative estimate of drug-likeness (QED) is 0.505. The van der Waals surface area contributed by atoms with E-state index < -0.39 is 5.82 Å². The zero-order valence-electron chi connectivity index (χ0n) is 11.2. The number of nitrogens with zero attached hydrogens (tertiary/aromatic N) is 1. The monoisotopic (exact) mass is 285 g/mol. The number of aliphatic hydroxyl groups excluding tert-OH is 2. The topological polar surface area (TPSA) is 98.8 Å². The van der Waals surface area contributed by atoms with Gasteiger partial charge >= 0.3 is 0 Å². The van der Waals surface area contributed by atoms with E-state index in [1.807, 2.05) is 0 Å². The molecule has 0 aliphatic carbocycles. The number of hydrogen-bond donors (Lipinski definition) is 4. The molecule has 0 unspecified atom stereocenters. The molecule has 1 aromatic carbocycles. The number of aliphatic hydroxyl groups is 2. The van der Waals surface area contributed by atoms with Gasteiger partial charge in [-0.25, -0.2) is 4.39 Å². The van der Waals surface area contributed by atoms with Gasteiger partial charge in [-0.2, -0.15) is 0 Å². The van der Waals surface area contributed by atoms with E-state index in [2.05, 4.69) is 5.32 Å². The second-order valence-corrected chi connectivity index (χ2v) is 4.32. The van der Waals surface area contributed by atoms with Gasteiger partial charge in [-0.15, -0.1) is 0 Å². The maximum Gasteiger partial charge on any atom is 0.225 e. The number of amides is 1. The number of nitrogens with two attached hydrogens (primary N) is 1. The minimum atomic E-state index is -0.461. The van der Waals surface area contributed by atoms with Gasteiger partial charge in [0.2, 0.25) is 5.91 Å². The fraction of sp³-hybridized carbons (Fsp3) is 0.462. The predicted molar refractivity (Wildman–Crippen MR) is 74.7 cm³/mol. The van der Waals surface area contributed by atoms with Gasteiger partial charge < -0.3 is 21.3 Å². The lowest BCUT2D eigenvalue weighted by atomic mass is 10.2. The normalized spacial score (nSPS) is 10.8. The summed E-state index contributed by atoms with van der Waals surface area (Å²) < 4.78 is 12.9. The molecule has 20 heavy (non-hydrogen) atoms. The third kappa shape index (κ3) is 5.52. The van der Waals surface area contributed by atoms with E-state index in [-0.39, 0.29) is 31.2 Å². The second-order valence-electron chi connectivity index (χ2n) is 4.32. The van der Waals surface area contributed by atoms with Gasteiger partial charge in [0.1, 0.15) is 5.82 Å². The number of nitrogen functional groups attached to an aromatic ring is 1. The number of benzene rings is 1. The lowest BCUT2D eigenvalue weighted by Crippen LogP contribution is -2.32. The molecule has 0 saturated carbocycles. The predicted octanol–water partition coefficient (Wildman–Crippen LogP) is 0.0231. The molecule has 0 aliphatic heterocycles. The third-order valence-electron chi connectivity index (χ3n) is 2.78. The first-order valence-electron chi connectivity index (χ1n) is 6.35. The lowest BCUT2D eigenvalue weighted by molar-refractivity contribution is -0.116. The van der Waals surface area contributed by atoms with Crippen LogP contribution >= 0.6 is 0 Å². The summed E-state index contributed by atoms with van der Waals surface area (Å²) in [5.41, 5.74) is 6.13. The zero-order valence-corrected chi connectivity index (χ0v) is 11.2. The fourth-order valence-electron chi connectivity index (χ4n) is 1.74. The Labute approximate surface area is 117 Å². The van der Waals surface area contributed by atoms with Crippen molar-refractivity contribution < 1.29 is 19.4 Å². The summed E-state index contributed by atoms with van der Waals surface area (Å²) in [6, 6.07) is 3.76. The summed E-state index contributed by atoms with van der Waals surface area (Å²) in [6.45, 7) is 1.13. The van der Waals surface area contributed by atoms with E-state index in [9.17, 15) is 9.18 Å². The average Bonchev–Trinajstić information content (AvgIpc) is 2.40. The number of anilines is 2. The van der Waals surface area contributed by atoms with Gasteiger partial charge in [0.25, 0.3) is 0 Å². The maximum atomic E-state index is 12.9. The lowest BCUT2D eigenvalue weighted by Gasteiger charge is -2.19. The first kappa shape index (κ1) is 16.4. The van der Waals surface area contributed by atoms with Gasteiger partial charge in [0.15, 0.2) is 0 Å². The van der Waals surface area contributed by atoms with Crippen LogP contribution in [0.25, 0.3) is 0 Å². The Kier molecular flexibility index (Phi) is 6.92. The molecule has 0 radical (unpaired) electrons. The van der Waals surface area contributed by atoms with Crippen molar-refractivity contribution in [3.8, 4) is 0 Å². The molecule has 7 heteroatoms. The van der Waals surface area contributed by atoms with Crippen LogP contribution in [-0.4, -0.2) is 53.9 Å². The molecule has 0 heterocycles. The molecular formula is C13H20FN3O3. The molecule has 0 fully saturated rings. The first-order chi connectivity index (χ1) is 9.56. The van der Waals surface area contributed by atoms with Crippen LogP contribution in [0.4, 0.5) is 15.8 Å². The smallest absolute Gasteiger partial charge is 0.225 e. The van der Waals surface area contributed by atoms with Crippen molar-refractivity contribution >= 4 is 17.3 Å². The highest BCUT2D eigenvalue weighted by molar-refractivity contribution is 5.93. The Bertz CT molecular complexity index is 437. The molecule has 0 bridgehead atoms. The van der Waals surface area contributed by atoms with Crippen molar-refractivity contribution in [3.63, 3.8) is 0 Å². The van der Waals surface area contributed by atoms with E-state index in [0.29, 0.717) is 25.3 Å². The number of rotatable bonds is 8. The molecule has 112 valence electrons. The molecule has 0 atom stereocenters. The van der Waals surface area contributed by atoms with E-state index in [0.717, 1.165) is 6.07 Å². The summed E-state index contributed by atoms with van der Waals surface area (Å²) in [4.78, 5) is 13.5. The molecule has 5 N–H and O–H groups in total. The molecule has 0 aromatic heterocycles. The van der Waals surface area contributed by atoms with E-state index in [1.54, 1.807) is 4.90 Å². The van der Waals surface area contributed by atoms with Crippen LogP contribution in [0.1, 0.15) is 6.42 Å². The molecule has 0 saturated heterocycles. The van der Waals surface area contributed by atoms with E-state index in [1.165, 1.54) is 12.1 Å². The first-order valence-corrected chi connectivity index (χ1v) is 6.35. The summed E-state index contributed by atoms with van der Waals surface area (Å²) in [7, 11) is 0. The minimum absolute atomic E-state index is 0.0352. The van der Waals surface area contributed by atoms with Crippen molar-refractivity contribution in [2.45, 2.75) is 6.42 Å². The summed E-state index contributed by atoms with van der Waals surface area (Å²) in [6.07, 6.45) is 0.191. The highest BCUT2D eigenvalue weighted by Gasteiger charge is 2.09. The molecule has 1 rings (SSSR count). The van der Waals surface area contributed by atoms with Crippen molar-refractivity contribution in [3.05, 3.63) is 24.0 Å². The molecular weight excluding hydrogens is 265 g/mol. The Morgan fingerprint density at radius 2 is 1.90 bits per heavy atom.